The molecule has 0 aliphatic carbocycles. The Labute approximate surface area is 118 Å². The molecule has 1 atom stereocenters. The van der Waals surface area contributed by atoms with Gasteiger partial charge in [-0.25, -0.2) is 18.4 Å². The maximum Gasteiger partial charge on any atom is 0.433 e. The summed E-state index contributed by atoms with van der Waals surface area (Å²) in [5.41, 5.74) is -1.64. The molecule has 1 aliphatic heterocycles. The lowest BCUT2D eigenvalue weighted by Crippen LogP contribution is -2.36. The number of hydrogen-bond donors (Lipinski definition) is 1. The van der Waals surface area contributed by atoms with Gasteiger partial charge < -0.3 is 5.32 Å². The van der Waals surface area contributed by atoms with Crippen molar-refractivity contribution in [3.8, 4) is 0 Å². The Morgan fingerprint density at radius 1 is 1.38 bits per heavy atom. The number of hydrogen-bond acceptors (Lipinski definition) is 5. The first kappa shape index (κ1) is 15.7. The average molecular weight is 323 g/mol. The summed E-state index contributed by atoms with van der Waals surface area (Å²) in [7, 11) is -3.19. The summed E-state index contributed by atoms with van der Waals surface area (Å²) >= 11 is 0. The predicted octanol–water partition coefficient (Wildman–Crippen LogP) is 0.721. The van der Waals surface area contributed by atoms with E-state index in [1.807, 2.05) is 0 Å². The van der Waals surface area contributed by atoms with Gasteiger partial charge in [-0.1, -0.05) is 0 Å². The standard InChI is InChI=1S/C11H12F3N3O3S/c1-6-15-8(4-9(16-6)11(12,13)14)10(18)17-7-2-3-21(19,20)5-7/h4,7H,2-3,5H2,1H3,(H,17,18). The normalized spacial score (nSPS) is 21.2. The molecule has 0 radical (unpaired) electrons. The average Bonchev–Trinajstić information content (AvgIpc) is 2.66. The second kappa shape index (κ2) is 5.24. The number of aromatic nitrogens is 2. The summed E-state index contributed by atoms with van der Waals surface area (Å²) in [5.74, 6) is -1.29. The lowest BCUT2D eigenvalue weighted by molar-refractivity contribution is -0.141. The Morgan fingerprint density at radius 3 is 2.57 bits per heavy atom. The number of amides is 1. The van der Waals surface area contributed by atoms with Gasteiger partial charge in [0, 0.05) is 12.1 Å². The zero-order valence-electron chi connectivity index (χ0n) is 10.9. The Kier molecular flexibility index (Phi) is 3.91. The number of aryl methyl sites for hydroxylation is 1. The predicted molar refractivity (Wildman–Crippen MR) is 66.3 cm³/mol. The van der Waals surface area contributed by atoms with Crippen LogP contribution in [0.25, 0.3) is 0 Å². The Balaban J connectivity index is 2.18. The molecule has 1 saturated heterocycles. The van der Waals surface area contributed by atoms with Gasteiger partial charge in [0.25, 0.3) is 5.91 Å². The molecular formula is C11H12F3N3O3S. The maximum atomic E-state index is 12.6. The highest BCUT2D eigenvalue weighted by Crippen LogP contribution is 2.27. The van der Waals surface area contributed by atoms with Gasteiger partial charge in [-0.3, -0.25) is 4.79 Å². The first-order valence-electron chi connectivity index (χ1n) is 6.01. The third-order valence-corrected chi connectivity index (χ3v) is 4.70. The Morgan fingerprint density at radius 2 is 2.05 bits per heavy atom. The summed E-state index contributed by atoms with van der Waals surface area (Å²) in [6, 6.07) is -0.0571. The van der Waals surface area contributed by atoms with Crippen LogP contribution in [0.5, 0.6) is 0 Å². The van der Waals surface area contributed by atoms with E-state index >= 15 is 0 Å². The van der Waals surface area contributed by atoms with Crippen LogP contribution in [-0.2, 0) is 16.0 Å². The van der Waals surface area contributed by atoms with Crippen molar-refractivity contribution in [1.29, 1.82) is 0 Å². The van der Waals surface area contributed by atoms with Crippen LogP contribution >= 0.6 is 0 Å². The number of rotatable bonds is 2. The van der Waals surface area contributed by atoms with Gasteiger partial charge in [0.05, 0.1) is 11.5 Å². The van der Waals surface area contributed by atoms with E-state index in [0.29, 0.717) is 6.07 Å². The summed E-state index contributed by atoms with van der Waals surface area (Å²) in [6.07, 6.45) is -4.44. The third-order valence-electron chi connectivity index (χ3n) is 2.93. The Hall–Kier alpha value is -1.71. The van der Waals surface area contributed by atoms with Crippen LogP contribution < -0.4 is 5.32 Å². The van der Waals surface area contributed by atoms with Gasteiger partial charge in [-0.05, 0) is 13.3 Å². The zero-order valence-corrected chi connectivity index (χ0v) is 11.8. The molecule has 6 nitrogen and oxygen atoms in total. The topological polar surface area (TPSA) is 89.0 Å². The van der Waals surface area contributed by atoms with Gasteiger partial charge in [0.1, 0.15) is 17.2 Å². The van der Waals surface area contributed by atoms with Gasteiger partial charge in [0.2, 0.25) is 0 Å². The smallest absolute Gasteiger partial charge is 0.347 e. The highest BCUT2D eigenvalue weighted by Gasteiger charge is 2.34. The molecule has 1 aliphatic rings. The monoisotopic (exact) mass is 323 g/mol. The quantitative estimate of drug-likeness (QED) is 0.866. The van der Waals surface area contributed by atoms with Crippen molar-refractivity contribution in [2.24, 2.45) is 0 Å². The number of alkyl halides is 3. The van der Waals surface area contributed by atoms with Crippen LogP contribution in [-0.4, -0.2) is 41.8 Å². The van der Waals surface area contributed by atoms with Crippen molar-refractivity contribution in [3.05, 3.63) is 23.3 Å². The van der Waals surface area contributed by atoms with Crippen LogP contribution in [0.2, 0.25) is 0 Å². The van der Waals surface area contributed by atoms with E-state index in [1.165, 1.54) is 6.92 Å². The minimum Gasteiger partial charge on any atom is -0.347 e. The molecule has 1 amide bonds. The molecule has 1 unspecified atom stereocenters. The lowest BCUT2D eigenvalue weighted by Gasteiger charge is -2.12. The minimum absolute atomic E-state index is 0.0471. The van der Waals surface area contributed by atoms with Crippen molar-refractivity contribution in [2.75, 3.05) is 11.5 Å². The summed E-state index contributed by atoms with van der Waals surface area (Å²) < 4.78 is 60.4. The van der Waals surface area contributed by atoms with Gasteiger partial charge >= 0.3 is 6.18 Å². The van der Waals surface area contributed by atoms with Crippen LogP contribution in [0.15, 0.2) is 6.07 Å². The van der Waals surface area contributed by atoms with Gasteiger partial charge in [0.15, 0.2) is 9.84 Å². The number of sulfone groups is 1. The molecule has 0 saturated carbocycles. The van der Waals surface area contributed by atoms with Crippen LogP contribution in [0.3, 0.4) is 0 Å². The molecule has 21 heavy (non-hydrogen) atoms. The molecule has 10 heteroatoms. The first-order chi connectivity index (χ1) is 9.57. The van der Waals surface area contributed by atoms with E-state index in [0.717, 1.165) is 0 Å². The second-order valence-corrected chi connectivity index (χ2v) is 6.99. The number of carbonyl (C=O) groups excluding carboxylic acids is 1. The van der Waals surface area contributed by atoms with E-state index in [2.05, 4.69) is 15.3 Å². The first-order valence-corrected chi connectivity index (χ1v) is 7.83. The molecule has 0 aromatic carbocycles. The second-order valence-electron chi connectivity index (χ2n) is 4.76. The lowest BCUT2D eigenvalue weighted by atomic mass is 10.2. The number of halogens is 3. The molecule has 2 rings (SSSR count). The molecule has 1 aromatic heterocycles. The molecule has 1 aromatic rings. The maximum absolute atomic E-state index is 12.6. The number of carbonyl (C=O) groups is 1. The van der Waals surface area contributed by atoms with E-state index in [1.54, 1.807) is 0 Å². The fourth-order valence-corrected chi connectivity index (χ4v) is 3.67. The summed E-state index contributed by atoms with van der Waals surface area (Å²) in [4.78, 5) is 18.8. The van der Waals surface area contributed by atoms with Crippen molar-refractivity contribution >= 4 is 15.7 Å². The highest BCUT2D eigenvalue weighted by atomic mass is 32.2. The number of nitrogens with one attached hydrogen (secondary N) is 1. The molecule has 116 valence electrons. The Bertz CT molecular complexity index is 673. The van der Waals surface area contributed by atoms with E-state index in [9.17, 15) is 26.4 Å². The van der Waals surface area contributed by atoms with Gasteiger partial charge in [-0.15, -0.1) is 0 Å². The molecular weight excluding hydrogens is 311 g/mol. The summed E-state index contributed by atoms with van der Waals surface area (Å²) in [6.45, 7) is 1.24. The zero-order chi connectivity index (χ0) is 15.8. The van der Waals surface area contributed by atoms with Crippen molar-refractivity contribution < 1.29 is 26.4 Å². The fraction of sp³-hybridized carbons (Fsp3) is 0.545. The van der Waals surface area contributed by atoms with Gasteiger partial charge in [-0.2, -0.15) is 13.2 Å². The largest absolute Gasteiger partial charge is 0.433 e. The van der Waals surface area contributed by atoms with Crippen molar-refractivity contribution in [3.63, 3.8) is 0 Å². The summed E-state index contributed by atoms with van der Waals surface area (Å²) in [5, 5.41) is 2.38. The van der Waals surface area contributed by atoms with E-state index in [4.69, 9.17) is 0 Å². The highest BCUT2D eigenvalue weighted by molar-refractivity contribution is 7.91. The SMILES string of the molecule is Cc1nc(C(=O)NC2CCS(=O)(=O)C2)cc(C(F)(F)F)n1. The fourth-order valence-electron chi connectivity index (χ4n) is 2.00. The molecule has 0 spiro atoms. The molecule has 2 heterocycles. The van der Waals surface area contributed by atoms with Crippen molar-refractivity contribution in [2.45, 2.75) is 25.6 Å². The molecule has 0 bridgehead atoms. The van der Waals surface area contributed by atoms with Crippen molar-refractivity contribution in [1.82, 2.24) is 15.3 Å². The van der Waals surface area contributed by atoms with Crippen LogP contribution in [0, 0.1) is 6.92 Å². The number of nitrogens with zero attached hydrogens (tertiary/aromatic N) is 2. The van der Waals surface area contributed by atoms with E-state index < -0.39 is 39.4 Å². The molecule has 1 N–H and O–H groups in total. The minimum atomic E-state index is -4.68. The third kappa shape index (κ3) is 3.90. The van der Waals surface area contributed by atoms with Crippen LogP contribution in [0.4, 0.5) is 13.2 Å². The molecule has 1 fully saturated rings. The van der Waals surface area contributed by atoms with E-state index in [-0.39, 0.29) is 23.8 Å². The van der Waals surface area contributed by atoms with Crippen LogP contribution in [0.1, 0.15) is 28.4 Å².